The molecular formula is C31H36O5. The summed E-state index contributed by atoms with van der Waals surface area (Å²) in [6.45, 7) is 9.16. The van der Waals surface area contributed by atoms with E-state index in [1.165, 1.54) is 11.6 Å². The molecule has 0 radical (unpaired) electrons. The van der Waals surface area contributed by atoms with Crippen LogP contribution in [0.15, 0.2) is 76.0 Å². The molecule has 1 aromatic heterocycles. The summed E-state index contributed by atoms with van der Waals surface area (Å²) in [6, 6.07) is 16.5. The molecule has 2 saturated carbocycles. The third-order valence-electron chi connectivity index (χ3n) is 8.89. The van der Waals surface area contributed by atoms with E-state index in [1.54, 1.807) is 12.1 Å². The van der Waals surface area contributed by atoms with Gasteiger partial charge in [-0.05, 0) is 67.6 Å². The summed E-state index contributed by atoms with van der Waals surface area (Å²) in [5.41, 5.74) is 2.08. The topological polar surface area (TPSA) is 79.9 Å². The standard InChI is InChI=1S/C31H36O5/c1-19-9-11-25-30(20(2)15-29(34)31(25,3)18-32)23(19)13-14-35-22-10-12-27-24(16-22)26(33)17-28(36-27)21-7-5-4-6-8-21/h4-8,10,12,16-17,20,23,25,29-30,32,34H,1,9,11,13-15,18H2,2-3H3/t20?,23-,25?,29+,30-,31-/m0/s1. The summed E-state index contributed by atoms with van der Waals surface area (Å²) >= 11 is 0. The minimum absolute atomic E-state index is 0.00338. The van der Waals surface area contributed by atoms with Crippen LogP contribution in [-0.2, 0) is 0 Å². The highest BCUT2D eigenvalue weighted by atomic mass is 16.5. The van der Waals surface area contributed by atoms with Crippen LogP contribution in [0.5, 0.6) is 5.75 Å². The van der Waals surface area contributed by atoms with E-state index in [-0.39, 0.29) is 23.9 Å². The molecule has 5 nitrogen and oxygen atoms in total. The number of aliphatic hydroxyl groups is 2. The summed E-state index contributed by atoms with van der Waals surface area (Å²) in [6.07, 6.45) is 2.93. The monoisotopic (exact) mass is 488 g/mol. The summed E-state index contributed by atoms with van der Waals surface area (Å²) < 4.78 is 12.1. The summed E-state index contributed by atoms with van der Waals surface area (Å²) in [5, 5.41) is 21.4. The van der Waals surface area contributed by atoms with Gasteiger partial charge in [-0.15, -0.1) is 0 Å². The Morgan fingerprint density at radius 1 is 1.17 bits per heavy atom. The van der Waals surface area contributed by atoms with Crippen molar-refractivity contribution < 1.29 is 19.4 Å². The Kier molecular flexibility index (Phi) is 6.80. The maximum Gasteiger partial charge on any atom is 0.193 e. The second kappa shape index (κ2) is 9.87. The van der Waals surface area contributed by atoms with E-state index >= 15 is 0 Å². The van der Waals surface area contributed by atoms with Gasteiger partial charge in [0.15, 0.2) is 5.43 Å². The van der Waals surface area contributed by atoms with Crippen molar-refractivity contribution in [2.45, 2.75) is 45.6 Å². The third-order valence-corrected chi connectivity index (χ3v) is 8.89. The first-order valence-corrected chi connectivity index (χ1v) is 13.0. The fraction of sp³-hybridized carbons (Fsp3) is 0.452. The number of ether oxygens (including phenoxy) is 1. The molecule has 2 fully saturated rings. The Morgan fingerprint density at radius 2 is 1.94 bits per heavy atom. The minimum Gasteiger partial charge on any atom is -0.494 e. The predicted molar refractivity (Wildman–Crippen MR) is 142 cm³/mol. The molecule has 5 heteroatoms. The van der Waals surface area contributed by atoms with Crippen LogP contribution in [-0.4, -0.2) is 29.5 Å². The van der Waals surface area contributed by atoms with Crippen LogP contribution in [0, 0.1) is 29.1 Å². The average molecular weight is 489 g/mol. The van der Waals surface area contributed by atoms with Crippen molar-refractivity contribution in [2.24, 2.45) is 29.1 Å². The molecule has 2 aromatic carbocycles. The predicted octanol–water partition coefficient (Wildman–Crippen LogP) is 5.83. The molecule has 6 atom stereocenters. The van der Waals surface area contributed by atoms with E-state index in [2.05, 4.69) is 13.5 Å². The second-order valence-electron chi connectivity index (χ2n) is 11.0. The highest BCUT2D eigenvalue weighted by Gasteiger charge is 2.53. The molecule has 190 valence electrons. The average Bonchev–Trinajstić information content (AvgIpc) is 2.88. The SMILES string of the molecule is C=C1CCC2[C@@H](C(C)C[C@@H](O)[C@@]2(C)CO)[C@H]1CCOc1ccc2oc(-c3ccccc3)cc(=O)c2c1. The molecule has 2 aliphatic rings. The first kappa shape index (κ1) is 24.8. The number of fused-ring (bicyclic) bond motifs is 2. The van der Waals surface area contributed by atoms with Crippen LogP contribution in [0.1, 0.15) is 39.5 Å². The fourth-order valence-electron chi connectivity index (χ4n) is 6.75. The Morgan fingerprint density at radius 3 is 2.69 bits per heavy atom. The smallest absolute Gasteiger partial charge is 0.193 e. The lowest BCUT2D eigenvalue weighted by Gasteiger charge is -2.56. The van der Waals surface area contributed by atoms with Crippen LogP contribution in [0.25, 0.3) is 22.3 Å². The van der Waals surface area contributed by atoms with Crippen LogP contribution in [0.2, 0.25) is 0 Å². The molecule has 2 N–H and O–H groups in total. The molecular weight excluding hydrogens is 452 g/mol. The van der Waals surface area contributed by atoms with Crippen LogP contribution < -0.4 is 10.2 Å². The van der Waals surface area contributed by atoms with Gasteiger partial charge < -0.3 is 19.4 Å². The van der Waals surface area contributed by atoms with Gasteiger partial charge in [-0.3, -0.25) is 4.79 Å². The minimum atomic E-state index is -0.478. The van der Waals surface area contributed by atoms with E-state index in [0.717, 1.165) is 24.8 Å². The lowest BCUT2D eigenvalue weighted by molar-refractivity contribution is -0.135. The summed E-state index contributed by atoms with van der Waals surface area (Å²) in [7, 11) is 0. The normalized spacial score (nSPS) is 30.2. The van der Waals surface area contributed by atoms with Crippen LogP contribution >= 0.6 is 0 Å². The number of rotatable bonds is 6. The van der Waals surface area contributed by atoms with Crippen molar-refractivity contribution in [3.05, 3.63) is 77.0 Å². The Bertz CT molecular complexity index is 1300. The van der Waals surface area contributed by atoms with Gasteiger partial charge in [-0.1, -0.05) is 56.3 Å². The van der Waals surface area contributed by atoms with Crippen molar-refractivity contribution in [1.82, 2.24) is 0 Å². The van der Waals surface area contributed by atoms with E-state index in [4.69, 9.17) is 9.15 Å². The van der Waals surface area contributed by atoms with Gasteiger partial charge in [-0.2, -0.15) is 0 Å². The van der Waals surface area contributed by atoms with E-state index in [0.29, 0.717) is 47.3 Å². The zero-order chi connectivity index (χ0) is 25.4. The fourth-order valence-corrected chi connectivity index (χ4v) is 6.75. The Hall–Kier alpha value is -2.89. The van der Waals surface area contributed by atoms with Gasteiger partial charge in [0.05, 0.1) is 24.7 Å². The Labute approximate surface area is 212 Å². The first-order chi connectivity index (χ1) is 17.3. The maximum absolute atomic E-state index is 12.8. The number of benzene rings is 2. The van der Waals surface area contributed by atoms with Crippen molar-refractivity contribution in [3.63, 3.8) is 0 Å². The zero-order valence-corrected chi connectivity index (χ0v) is 21.2. The molecule has 36 heavy (non-hydrogen) atoms. The van der Waals surface area contributed by atoms with E-state index in [9.17, 15) is 15.0 Å². The number of hydrogen-bond donors (Lipinski definition) is 2. The zero-order valence-electron chi connectivity index (χ0n) is 21.2. The first-order valence-electron chi connectivity index (χ1n) is 13.0. The largest absolute Gasteiger partial charge is 0.494 e. The number of aliphatic hydroxyl groups excluding tert-OH is 2. The molecule has 1 heterocycles. The lowest BCUT2D eigenvalue weighted by atomic mass is 9.50. The third kappa shape index (κ3) is 4.39. The molecule has 0 aliphatic heterocycles. The van der Waals surface area contributed by atoms with Crippen molar-refractivity contribution >= 4 is 11.0 Å². The number of allylic oxidation sites excluding steroid dienone is 1. The van der Waals surface area contributed by atoms with Gasteiger partial charge in [-0.25, -0.2) is 0 Å². The molecule has 0 spiro atoms. The quantitative estimate of drug-likeness (QED) is 0.427. The molecule has 3 aromatic rings. The molecule has 0 amide bonds. The molecule has 2 aliphatic carbocycles. The summed E-state index contributed by atoms with van der Waals surface area (Å²) in [5.74, 6) is 2.48. The van der Waals surface area contributed by atoms with Crippen LogP contribution in [0.4, 0.5) is 0 Å². The highest BCUT2D eigenvalue weighted by Crippen LogP contribution is 2.56. The lowest BCUT2D eigenvalue weighted by Crippen LogP contribution is -2.55. The Balaban J connectivity index is 1.31. The van der Waals surface area contributed by atoms with Gasteiger partial charge in [0.1, 0.15) is 17.1 Å². The van der Waals surface area contributed by atoms with Crippen molar-refractivity contribution in [2.75, 3.05) is 13.2 Å². The second-order valence-corrected chi connectivity index (χ2v) is 11.0. The van der Waals surface area contributed by atoms with E-state index in [1.807, 2.05) is 43.3 Å². The summed E-state index contributed by atoms with van der Waals surface area (Å²) in [4.78, 5) is 12.8. The van der Waals surface area contributed by atoms with Crippen molar-refractivity contribution in [3.8, 4) is 17.1 Å². The van der Waals surface area contributed by atoms with E-state index < -0.39 is 11.5 Å². The maximum atomic E-state index is 12.8. The van der Waals surface area contributed by atoms with Gasteiger partial charge >= 0.3 is 0 Å². The number of hydrogen-bond acceptors (Lipinski definition) is 5. The van der Waals surface area contributed by atoms with Crippen LogP contribution in [0.3, 0.4) is 0 Å². The molecule has 2 unspecified atom stereocenters. The van der Waals surface area contributed by atoms with Gasteiger partial charge in [0.2, 0.25) is 0 Å². The highest BCUT2D eigenvalue weighted by molar-refractivity contribution is 5.80. The molecule has 0 saturated heterocycles. The van der Waals surface area contributed by atoms with Gasteiger partial charge in [0, 0.05) is 17.0 Å². The van der Waals surface area contributed by atoms with Crippen molar-refractivity contribution in [1.29, 1.82) is 0 Å². The molecule has 5 rings (SSSR count). The van der Waals surface area contributed by atoms with Gasteiger partial charge in [0.25, 0.3) is 0 Å². The molecule has 0 bridgehead atoms.